The molecule has 5 nitrogen and oxygen atoms in total. The van der Waals surface area contributed by atoms with Gasteiger partial charge in [-0.1, -0.05) is 26.0 Å². The number of nitrogens with zero attached hydrogens (tertiary/aromatic N) is 1. The molecule has 2 N–H and O–H groups in total. The number of carbonyl (C=O) groups excluding carboxylic acids is 2. The van der Waals surface area contributed by atoms with E-state index >= 15 is 0 Å². The van der Waals surface area contributed by atoms with Crippen LogP contribution in [0.1, 0.15) is 37.0 Å². The van der Waals surface area contributed by atoms with Gasteiger partial charge in [0, 0.05) is 30.9 Å². The number of hydrogen-bond acceptors (Lipinski definition) is 2. The van der Waals surface area contributed by atoms with Gasteiger partial charge in [-0.05, 0) is 54.9 Å². The Hall–Kier alpha value is -2.30. The second-order valence-corrected chi connectivity index (χ2v) is 7.48. The van der Waals surface area contributed by atoms with E-state index in [4.69, 9.17) is 0 Å². The lowest BCUT2D eigenvalue weighted by Crippen LogP contribution is -2.33. The number of anilines is 1. The lowest BCUT2D eigenvalue weighted by molar-refractivity contribution is 0.0949. The van der Waals surface area contributed by atoms with Crippen molar-refractivity contribution >= 4 is 17.6 Å². The summed E-state index contributed by atoms with van der Waals surface area (Å²) in [4.78, 5) is 26.4. The molecule has 0 aromatic heterocycles. The fourth-order valence-electron chi connectivity index (χ4n) is 3.49. The minimum absolute atomic E-state index is 0.0496. The van der Waals surface area contributed by atoms with Crippen LogP contribution in [0.25, 0.3) is 0 Å². The number of rotatable bonds is 4. The van der Waals surface area contributed by atoms with E-state index < -0.39 is 0 Å². The maximum Gasteiger partial charge on any atom is 0.321 e. The van der Waals surface area contributed by atoms with E-state index in [9.17, 15) is 9.59 Å². The van der Waals surface area contributed by atoms with Crippen LogP contribution in [0.5, 0.6) is 0 Å². The molecule has 2 atom stereocenters. The molecule has 1 saturated heterocycles. The predicted molar refractivity (Wildman–Crippen MR) is 99.6 cm³/mol. The van der Waals surface area contributed by atoms with Gasteiger partial charge in [-0.15, -0.1) is 0 Å². The fourth-order valence-corrected chi connectivity index (χ4v) is 3.49. The largest absolute Gasteiger partial charge is 0.352 e. The fraction of sp³-hybridized carbons (Fsp3) is 0.500. The van der Waals surface area contributed by atoms with Crippen molar-refractivity contribution in [1.29, 1.82) is 0 Å². The molecular formula is C20H27N3O2. The second kappa shape index (κ2) is 7.72. The highest BCUT2D eigenvalue weighted by Gasteiger charge is 2.35. The summed E-state index contributed by atoms with van der Waals surface area (Å²) in [7, 11) is 0. The van der Waals surface area contributed by atoms with Crippen molar-refractivity contribution in [3.8, 4) is 0 Å². The van der Waals surface area contributed by atoms with Crippen LogP contribution in [-0.4, -0.2) is 36.5 Å². The predicted octanol–water partition coefficient (Wildman–Crippen LogP) is 3.50. The van der Waals surface area contributed by atoms with Crippen molar-refractivity contribution < 1.29 is 9.59 Å². The van der Waals surface area contributed by atoms with Crippen molar-refractivity contribution in [3.05, 3.63) is 42.0 Å². The molecular weight excluding hydrogens is 314 g/mol. The van der Waals surface area contributed by atoms with E-state index in [1.54, 1.807) is 24.3 Å². The van der Waals surface area contributed by atoms with Crippen LogP contribution in [0.2, 0.25) is 0 Å². The first kappa shape index (κ1) is 17.5. The lowest BCUT2D eigenvalue weighted by atomic mass is 9.86. The molecule has 3 amide bonds. The highest BCUT2D eigenvalue weighted by atomic mass is 16.2. The number of benzene rings is 1. The summed E-state index contributed by atoms with van der Waals surface area (Å²) in [6.45, 7) is 6.43. The SMILES string of the molecule is CC(C)CNC(=O)c1ccc(NC(=O)N2C[C@H]3CC=CC[C@@H]3C2)cc1. The van der Waals surface area contributed by atoms with Crippen molar-refractivity contribution in [3.63, 3.8) is 0 Å². The Morgan fingerprint density at radius 1 is 1.08 bits per heavy atom. The molecule has 1 aromatic carbocycles. The van der Waals surface area contributed by atoms with E-state index in [0.29, 0.717) is 29.9 Å². The molecule has 0 spiro atoms. The van der Waals surface area contributed by atoms with Crippen LogP contribution in [0.4, 0.5) is 10.5 Å². The van der Waals surface area contributed by atoms with Gasteiger partial charge in [-0.2, -0.15) is 0 Å². The van der Waals surface area contributed by atoms with Crippen molar-refractivity contribution in [2.24, 2.45) is 17.8 Å². The quantitative estimate of drug-likeness (QED) is 0.823. The topological polar surface area (TPSA) is 61.4 Å². The van der Waals surface area contributed by atoms with Gasteiger partial charge in [0.25, 0.3) is 5.91 Å². The van der Waals surface area contributed by atoms with Crippen LogP contribution < -0.4 is 10.6 Å². The molecule has 1 aliphatic heterocycles. The maximum absolute atomic E-state index is 12.5. The van der Waals surface area contributed by atoms with Gasteiger partial charge in [-0.3, -0.25) is 4.79 Å². The standard InChI is InChI=1S/C20H27N3O2/c1-14(2)11-21-19(24)15-7-9-18(10-8-15)22-20(25)23-12-16-5-3-4-6-17(16)13-23/h3-4,7-10,14,16-17H,5-6,11-13H2,1-2H3,(H,21,24)(H,22,25)/t16-,17-/m1/s1. The zero-order valence-electron chi connectivity index (χ0n) is 15.0. The first-order chi connectivity index (χ1) is 12.0. The van der Waals surface area contributed by atoms with Crippen LogP contribution in [0.15, 0.2) is 36.4 Å². The number of carbonyl (C=O) groups is 2. The molecule has 0 unspecified atom stereocenters. The third-order valence-corrected chi connectivity index (χ3v) is 4.98. The summed E-state index contributed by atoms with van der Waals surface area (Å²) in [6, 6.07) is 7.02. The smallest absolute Gasteiger partial charge is 0.321 e. The summed E-state index contributed by atoms with van der Waals surface area (Å²) >= 11 is 0. The van der Waals surface area contributed by atoms with Gasteiger partial charge < -0.3 is 15.5 Å². The van der Waals surface area contributed by atoms with E-state index in [1.807, 2.05) is 4.90 Å². The van der Waals surface area contributed by atoms with Gasteiger partial charge in [0.1, 0.15) is 0 Å². The summed E-state index contributed by atoms with van der Waals surface area (Å²) in [6.07, 6.45) is 6.61. The average molecular weight is 341 g/mol. The third-order valence-electron chi connectivity index (χ3n) is 4.98. The Balaban J connectivity index is 1.53. The summed E-state index contributed by atoms with van der Waals surface area (Å²) in [5.41, 5.74) is 1.33. The number of nitrogens with one attached hydrogen (secondary N) is 2. The Labute approximate surface area is 149 Å². The van der Waals surface area contributed by atoms with Gasteiger partial charge in [0.15, 0.2) is 0 Å². The van der Waals surface area contributed by atoms with Gasteiger partial charge in [0.2, 0.25) is 0 Å². The molecule has 1 aliphatic carbocycles. The van der Waals surface area contributed by atoms with Crippen molar-refractivity contribution in [2.75, 3.05) is 25.0 Å². The third kappa shape index (κ3) is 4.41. The number of hydrogen-bond donors (Lipinski definition) is 2. The minimum atomic E-state index is -0.0808. The highest BCUT2D eigenvalue weighted by Crippen LogP contribution is 2.32. The molecule has 1 heterocycles. The molecule has 3 rings (SSSR count). The normalized spacial score (nSPS) is 22.0. The van der Waals surface area contributed by atoms with E-state index in [1.165, 1.54) is 0 Å². The number of fused-ring (bicyclic) bond motifs is 1. The molecule has 5 heteroatoms. The molecule has 25 heavy (non-hydrogen) atoms. The van der Waals surface area contributed by atoms with Crippen LogP contribution in [-0.2, 0) is 0 Å². The average Bonchev–Trinajstić information content (AvgIpc) is 3.04. The van der Waals surface area contributed by atoms with E-state index in [2.05, 4.69) is 36.6 Å². The van der Waals surface area contributed by atoms with Crippen LogP contribution >= 0.6 is 0 Å². The summed E-state index contributed by atoms with van der Waals surface area (Å²) in [5.74, 6) is 1.54. The monoisotopic (exact) mass is 341 g/mol. The minimum Gasteiger partial charge on any atom is -0.352 e. The van der Waals surface area contributed by atoms with Gasteiger partial charge in [0.05, 0.1) is 0 Å². The van der Waals surface area contributed by atoms with Crippen LogP contribution in [0.3, 0.4) is 0 Å². The molecule has 0 radical (unpaired) electrons. The molecule has 0 bridgehead atoms. The number of urea groups is 1. The Kier molecular flexibility index (Phi) is 5.41. The van der Waals surface area contributed by atoms with Gasteiger partial charge in [-0.25, -0.2) is 4.79 Å². The first-order valence-electron chi connectivity index (χ1n) is 9.12. The number of likely N-dealkylation sites (tertiary alicyclic amines) is 1. The van der Waals surface area contributed by atoms with E-state index in [0.717, 1.165) is 31.6 Å². The summed E-state index contributed by atoms with van der Waals surface area (Å²) < 4.78 is 0. The Morgan fingerprint density at radius 3 is 2.24 bits per heavy atom. The van der Waals surface area contributed by atoms with Crippen molar-refractivity contribution in [2.45, 2.75) is 26.7 Å². The Bertz CT molecular complexity index is 635. The maximum atomic E-state index is 12.5. The molecule has 2 aliphatic rings. The zero-order chi connectivity index (χ0) is 17.8. The Morgan fingerprint density at radius 2 is 1.68 bits per heavy atom. The molecule has 1 fully saturated rings. The van der Waals surface area contributed by atoms with Crippen LogP contribution in [0, 0.1) is 17.8 Å². The molecule has 1 aromatic rings. The van der Waals surface area contributed by atoms with Gasteiger partial charge >= 0.3 is 6.03 Å². The zero-order valence-corrected chi connectivity index (χ0v) is 15.0. The van der Waals surface area contributed by atoms with E-state index in [-0.39, 0.29) is 11.9 Å². The lowest BCUT2D eigenvalue weighted by Gasteiger charge is -2.17. The number of amides is 3. The summed E-state index contributed by atoms with van der Waals surface area (Å²) in [5, 5.41) is 5.84. The first-order valence-corrected chi connectivity index (χ1v) is 9.12. The highest BCUT2D eigenvalue weighted by molar-refractivity contribution is 5.95. The number of allylic oxidation sites excluding steroid dienone is 2. The second-order valence-electron chi connectivity index (χ2n) is 7.48. The van der Waals surface area contributed by atoms with Crippen molar-refractivity contribution in [1.82, 2.24) is 10.2 Å². The molecule has 134 valence electrons. The molecule has 0 saturated carbocycles.